The standard InChI is InChI=1S/C12H20N2O3/c1-8(15)5-13-12(17)10-4-11(16)14(7-10)6-9-2-3-9/h8-10,15H,2-7H2,1H3,(H,13,17)/t8-,10?/m0/s1. The third-order valence-corrected chi connectivity index (χ3v) is 3.33. The summed E-state index contributed by atoms with van der Waals surface area (Å²) in [5, 5.41) is 11.7. The molecule has 0 spiro atoms. The summed E-state index contributed by atoms with van der Waals surface area (Å²) >= 11 is 0. The molecule has 1 aliphatic carbocycles. The highest BCUT2D eigenvalue weighted by Crippen LogP contribution is 2.31. The van der Waals surface area contributed by atoms with Crippen LogP contribution in [0.1, 0.15) is 26.2 Å². The number of aliphatic hydroxyl groups is 1. The fraction of sp³-hybridized carbons (Fsp3) is 0.833. The quantitative estimate of drug-likeness (QED) is 0.695. The van der Waals surface area contributed by atoms with Gasteiger partial charge in [0.25, 0.3) is 0 Å². The number of amides is 2. The molecule has 2 amide bonds. The lowest BCUT2D eigenvalue weighted by Crippen LogP contribution is -2.36. The maximum atomic E-state index is 11.7. The van der Waals surface area contributed by atoms with Crippen LogP contribution in [-0.2, 0) is 9.59 Å². The van der Waals surface area contributed by atoms with Crippen LogP contribution in [0.5, 0.6) is 0 Å². The van der Waals surface area contributed by atoms with E-state index in [1.807, 2.05) is 4.90 Å². The lowest BCUT2D eigenvalue weighted by atomic mass is 10.1. The largest absolute Gasteiger partial charge is 0.392 e. The first kappa shape index (κ1) is 12.4. The first-order valence-electron chi connectivity index (χ1n) is 6.30. The molecule has 0 bridgehead atoms. The summed E-state index contributed by atoms with van der Waals surface area (Å²) in [5.74, 6) is 0.407. The van der Waals surface area contributed by atoms with Crippen LogP contribution in [0.25, 0.3) is 0 Å². The first-order valence-corrected chi connectivity index (χ1v) is 6.30. The summed E-state index contributed by atoms with van der Waals surface area (Å²) in [6.07, 6.45) is 2.20. The number of nitrogens with one attached hydrogen (secondary N) is 1. The van der Waals surface area contributed by atoms with Crippen LogP contribution in [0.3, 0.4) is 0 Å². The van der Waals surface area contributed by atoms with Crippen LogP contribution in [-0.4, -0.2) is 47.6 Å². The van der Waals surface area contributed by atoms with Gasteiger partial charge in [-0.2, -0.15) is 0 Å². The van der Waals surface area contributed by atoms with Crippen molar-refractivity contribution >= 4 is 11.8 Å². The molecule has 0 aromatic heterocycles. The zero-order valence-corrected chi connectivity index (χ0v) is 10.2. The van der Waals surface area contributed by atoms with Crippen LogP contribution in [0.2, 0.25) is 0 Å². The Balaban J connectivity index is 1.78. The molecule has 1 heterocycles. The maximum Gasteiger partial charge on any atom is 0.225 e. The number of hydrogen-bond donors (Lipinski definition) is 2. The lowest BCUT2D eigenvalue weighted by molar-refractivity contribution is -0.129. The van der Waals surface area contributed by atoms with E-state index in [1.54, 1.807) is 6.92 Å². The molecule has 0 aromatic rings. The van der Waals surface area contributed by atoms with Gasteiger partial charge in [-0.3, -0.25) is 9.59 Å². The Morgan fingerprint density at radius 1 is 1.59 bits per heavy atom. The van der Waals surface area contributed by atoms with Crippen molar-refractivity contribution in [2.75, 3.05) is 19.6 Å². The SMILES string of the molecule is C[C@H](O)CNC(=O)C1CC(=O)N(CC2CC2)C1. The molecule has 2 aliphatic rings. The zero-order valence-electron chi connectivity index (χ0n) is 10.2. The molecule has 1 saturated heterocycles. The van der Waals surface area contributed by atoms with Crippen LogP contribution >= 0.6 is 0 Å². The Labute approximate surface area is 101 Å². The van der Waals surface area contributed by atoms with E-state index in [2.05, 4.69) is 5.32 Å². The number of likely N-dealkylation sites (tertiary alicyclic amines) is 1. The van der Waals surface area contributed by atoms with Crippen LogP contribution in [0, 0.1) is 11.8 Å². The van der Waals surface area contributed by atoms with Crippen molar-refractivity contribution in [1.82, 2.24) is 10.2 Å². The van der Waals surface area contributed by atoms with Gasteiger partial charge in [0.05, 0.1) is 12.0 Å². The molecule has 2 atom stereocenters. The summed E-state index contributed by atoms with van der Waals surface area (Å²) in [6, 6.07) is 0. The van der Waals surface area contributed by atoms with Crippen LogP contribution in [0.15, 0.2) is 0 Å². The van der Waals surface area contributed by atoms with E-state index in [4.69, 9.17) is 5.11 Å². The van der Waals surface area contributed by atoms with Crippen molar-refractivity contribution in [2.45, 2.75) is 32.3 Å². The molecule has 5 nitrogen and oxygen atoms in total. The minimum absolute atomic E-state index is 0.0918. The maximum absolute atomic E-state index is 11.7. The average Bonchev–Trinajstić information content (AvgIpc) is 3.00. The van der Waals surface area contributed by atoms with Gasteiger partial charge in [-0.25, -0.2) is 0 Å². The highest BCUT2D eigenvalue weighted by Gasteiger charge is 2.36. The topological polar surface area (TPSA) is 69.6 Å². The fourth-order valence-corrected chi connectivity index (χ4v) is 2.13. The Morgan fingerprint density at radius 2 is 2.29 bits per heavy atom. The van der Waals surface area contributed by atoms with Gasteiger partial charge in [0, 0.05) is 26.1 Å². The number of hydrogen-bond acceptors (Lipinski definition) is 3. The van der Waals surface area contributed by atoms with E-state index in [9.17, 15) is 9.59 Å². The second kappa shape index (κ2) is 5.04. The van der Waals surface area contributed by atoms with E-state index < -0.39 is 6.10 Å². The summed E-state index contributed by atoms with van der Waals surface area (Å²) in [5.41, 5.74) is 0. The van der Waals surface area contributed by atoms with Crippen LogP contribution < -0.4 is 5.32 Å². The lowest BCUT2D eigenvalue weighted by Gasteiger charge is -2.16. The third kappa shape index (κ3) is 3.43. The highest BCUT2D eigenvalue weighted by molar-refractivity contribution is 5.89. The predicted octanol–water partition coefficient (Wildman–Crippen LogP) is -0.258. The monoisotopic (exact) mass is 240 g/mol. The Bertz CT molecular complexity index is 313. The van der Waals surface area contributed by atoms with Crippen molar-refractivity contribution in [2.24, 2.45) is 11.8 Å². The Morgan fingerprint density at radius 3 is 2.88 bits per heavy atom. The Hall–Kier alpha value is -1.10. The molecule has 2 fully saturated rings. The molecule has 96 valence electrons. The average molecular weight is 240 g/mol. The van der Waals surface area contributed by atoms with Gasteiger partial charge in [-0.05, 0) is 25.7 Å². The zero-order chi connectivity index (χ0) is 12.4. The summed E-state index contributed by atoms with van der Waals surface area (Å²) in [4.78, 5) is 25.2. The van der Waals surface area contributed by atoms with Crippen molar-refractivity contribution in [3.63, 3.8) is 0 Å². The van der Waals surface area contributed by atoms with Gasteiger partial charge in [0.15, 0.2) is 0 Å². The van der Waals surface area contributed by atoms with E-state index >= 15 is 0 Å². The molecular formula is C12H20N2O3. The molecule has 0 aromatic carbocycles. The van der Waals surface area contributed by atoms with Gasteiger partial charge >= 0.3 is 0 Å². The normalized spacial score (nSPS) is 26.1. The van der Waals surface area contributed by atoms with Gasteiger partial charge in [-0.15, -0.1) is 0 Å². The molecule has 1 aliphatic heterocycles. The second-order valence-corrected chi connectivity index (χ2v) is 5.24. The summed E-state index contributed by atoms with van der Waals surface area (Å²) in [7, 11) is 0. The van der Waals surface area contributed by atoms with Crippen molar-refractivity contribution < 1.29 is 14.7 Å². The minimum Gasteiger partial charge on any atom is -0.392 e. The van der Waals surface area contributed by atoms with Crippen LogP contribution in [0.4, 0.5) is 0 Å². The molecule has 17 heavy (non-hydrogen) atoms. The molecular weight excluding hydrogens is 220 g/mol. The van der Waals surface area contributed by atoms with E-state index in [1.165, 1.54) is 12.8 Å². The van der Waals surface area contributed by atoms with Crippen molar-refractivity contribution in [3.8, 4) is 0 Å². The third-order valence-electron chi connectivity index (χ3n) is 3.33. The van der Waals surface area contributed by atoms with Crippen molar-refractivity contribution in [3.05, 3.63) is 0 Å². The minimum atomic E-state index is -0.543. The number of aliphatic hydroxyl groups excluding tert-OH is 1. The number of carbonyl (C=O) groups is 2. The number of carbonyl (C=O) groups excluding carboxylic acids is 2. The molecule has 2 rings (SSSR count). The molecule has 1 unspecified atom stereocenters. The van der Waals surface area contributed by atoms with E-state index in [0.29, 0.717) is 18.9 Å². The van der Waals surface area contributed by atoms with Gasteiger partial charge in [-0.1, -0.05) is 0 Å². The van der Waals surface area contributed by atoms with Gasteiger partial charge in [0.1, 0.15) is 0 Å². The van der Waals surface area contributed by atoms with E-state index in [0.717, 1.165) is 6.54 Å². The van der Waals surface area contributed by atoms with Crippen molar-refractivity contribution in [1.29, 1.82) is 0 Å². The van der Waals surface area contributed by atoms with Gasteiger partial charge in [0.2, 0.25) is 11.8 Å². The van der Waals surface area contributed by atoms with Gasteiger partial charge < -0.3 is 15.3 Å². The number of rotatable bonds is 5. The molecule has 0 radical (unpaired) electrons. The highest BCUT2D eigenvalue weighted by atomic mass is 16.3. The summed E-state index contributed by atoms with van der Waals surface area (Å²) < 4.78 is 0. The predicted molar refractivity (Wildman–Crippen MR) is 62.1 cm³/mol. The fourth-order valence-electron chi connectivity index (χ4n) is 2.13. The van der Waals surface area contributed by atoms with E-state index in [-0.39, 0.29) is 24.3 Å². The molecule has 2 N–H and O–H groups in total. The molecule has 1 saturated carbocycles. The number of nitrogens with zero attached hydrogens (tertiary/aromatic N) is 1. The Kier molecular flexibility index (Phi) is 3.66. The first-order chi connectivity index (χ1) is 8.06. The summed E-state index contributed by atoms with van der Waals surface area (Å²) in [6.45, 7) is 3.24. The smallest absolute Gasteiger partial charge is 0.225 e. The second-order valence-electron chi connectivity index (χ2n) is 5.24. The molecule has 5 heteroatoms.